The second-order valence-corrected chi connectivity index (χ2v) is 5.48. The van der Waals surface area contributed by atoms with Crippen LogP contribution in [0, 0.1) is 0 Å². The summed E-state index contributed by atoms with van der Waals surface area (Å²) in [6.07, 6.45) is -2.13. The van der Waals surface area contributed by atoms with Crippen LogP contribution in [-0.4, -0.2) is 35.1 Å². The van der Waals surface area contributed by atoms with Crippen molar-refractivity contribution in [1.82, 2.24) is 20.6 Å². The van der Waals surface area contributed by atoms with Crippen LogP contribution in [0.5, 0.6) is 5.88 Å². The van der Waals surface area contributed by atoms with Crippen molar-refractivity contribution in [3.8, 4) is 5.88 Å². The molecule has 0 radical (unpaired) electrons. The Morgan fingerprint density at radius 3 is 2.62 bits per heavy atom. The van der Waals surface area contributed by atoms with Gasteiger partial charge in [0.15, 0.2) is 5.11 Å². The topological polar surface area (TPSA) is 76.1 Å². The standard InChI is InChI=1S/C16H15F3N4O2S/c1-20-15(26)23-13(24)12(10-4-3-6-22-14(10)25-2)11-8-9(5-7-21-11)16(17,18)19/h3-8,12H,1-2H3,(H2,20,23,24,26). The molecular weight excluding hydrogens is 369 g/mol. The summed E-state index contributed by atoms with van der Waals surface area (Å²) in [5, 5.41) is 5.01. The van der Waals surface area contributed by atoms with E-state index in [2.05, 4.69) is 20.6 Å². The Bertz CT molecular complexity index is 814. The molecule has 1 amide bonds. The van der Waals surface area contributed by atoms with Crippen molar-refractivity contribution < 1.29 is 22.7 Å². The zero-order valence-corrected chi connectivity index (χ0v) is 14.6. The van der Waals surface area contributed by atoms with Gasteiger partial charge in [-0.3, -0.25) is 9.78 Å². The number of aromatic nitrogens is 2. The van der Waals surface area contributed by atoms with Crippen molar-refractivity contribution in [3.63, 3.8) is 0 Å². The monoisotopic (exact) mass is 384 g/mol. The number of ether oxygens (including phenoxy) is 1. The molecule has 0 saturated heterocycles. The van der Waals surface area contributed by atoms with Gasteiger partial charge in [0.2, 0.25) is 11.8 Å². The lowest BCUT2D eigenvalue weighted by Gasteiger charge is -2.19. The summed E-state index contributed by atoms with van der Waals surface area (Å²) >= 11 is 4.91. The Kier molecular flexibility index (Phi) is 6.09. The fourth-order valence-electron chi connectivity index (χ4n) is 2.26. The molecule has 2 N–H and O–H groups in total. The molecule has 0 bridgehead atoms. The first-order chi connectivity index (χ1) is 12.3. The number of carbonyl (C=O) groups is 1. The predicted octanol–water partition coefficient (Wildman–Crippen LogP) is 2.26. The highest BCUT2D eigenvalue weighted by atomic mass is 32.1. The Morgan fingerprint density at radius 2 is 2.00 bits per heavy atom. The highest BCUT2D eigenvalue weighted by Gasteiger charge is 2.34. The first-order valence-electron chi connectivity index (χ1n) is 7.32. The van der Waals surface area contributed by atoms with E-state index in [1.807, 2.05) is 0 Å². The lowest BCUT2D eigenvalue weighted by Crippen LogP contribution is -2.40. The largest absolute Gasteiger partial charge is 0.481 e. The molecule has 2 aromatic heterocycles. The molecule has 0 aromatic carbocycles. The predicted molar refractivity (Wildman–Crippen MR) is 91.7 cm³/mol. The van der Waals surface area contributed by atoms with Crippen molar-refractivity contribution in [3.05, 3.63) is 53.5 Å². The van der Waals surface area contributed by atoms with Crippen LogP contribution in [-0.2, 0) is 11.0 Å². The van der Waals surface area contributed by atoms with E-state index in [0.29, 0.717) is 0 Å². The highest BCUT2D eigenvalue weighted by molar-refractivity contribution is 7.80. The summed E-state index contributed by atoms with van der Waals surface area (Å²) in [4.78, 5) is 20.6. The van der Waals surface area contributed by atoms with Gasteiger partial charge in [-0.25, -0.2) is 4.98 Å². The minimum Gasteiger partial charge on any atom is -0.481 e. The number of carbonyl (C=O) groups excluding carboxylic acids is 1. The third-order valence-corrected chi connectivity index (χ3v) is 3.74. The van der Waals surface area contributed by atoms with Crippen molar-refractivity contribution in [2.75, 3.05) is 14.2 Å². The van der Waals surface area contributed by atoms with Crippen LogP contribution in [0.4, 0.5) is 13.2 Å². The second kappa shape index (κ2) is 8.09. The van der Waals surface area contributed by atoms with Crippen molar-refractivity contribution in [2.45, 2.75) is 12.1 Å². The minimum absolute atomic E-state index is 0.0230. The van der Waals surface area contributed by atoms with E-state index in [-0.39, 0.29) is 22.2 Å². The summed E-state index contributed by atoms with van der Waals surface area (Å²) in [6, 6.07) is 4.72. The maximum atomic E-state index is 13.0. The number of hydrogen-bond acceptors (Lipinski definition) is 5. The molecular formula is C16H15F3N4O2S. The fourth-order valence-corrected chi connectivity index (χ4v) is 2.36. The van der Waals surface area contributed by atoms with E-state index in [0.717, 1.165) is 18.3 Å². The number of alkyl halides is 3. The molecule has 0 fully saturated rings. The number of nitrogens with zero attached hydrogens (tertiary/aromatic N) is 2. The SMILES string of the molecule is CNC(=S)NC(=O)C(c1cc(C(F)(F)F)ccn1)c1cccnc1OC. The Morgan fingerprint density at radius 1 is 1.27 bits per heavy atom. The minimum atomic E-state index is -4.57. The molecule has 0 spiro atoms. The molecule has 0 aliphatic rings. The van der Waals surface area contributed by atoms with Crippen molar-refractivity contribution in [2.24, 2.45) is 0 Å². The van der Waals surface area contributed by atoms with Crippen LogP contribution < -0.4 is 15.4 Å². The third kappa shape index (κ3) is 4.45. The molecule has 2 heterocycles. The first-order valence-corrected chi connectivity index (χ1v) is 7.73. The zero-order chi connectivity index (χ0) is 19.3. The van der Waals surface area contributed by atoms with Gasteiger partial charge in [-0.15, -0.1) is 0 Å². The second-order valence-electron chi connectivity index (χ2n) is 5.07. The van der Waals surface area contributed by atoms with Gasteiger partial charge in [-0.1, -0.05) is 6.07 Å². The Hall–Kier alpha value is -2.75. The number of pyridine rings is 2. The van der Waals surface area contributed by atoms with Crippen LogP contribution in [0.15, 0.2) is 36.7 Å². The number of thiocarbonyl (C=S) groups is 1. The van der Waals surface area contributed by atoms with Gasteiger partial charge in [-0.05, 0) is 30.4 Å². The van der Waals surface area contributed by atoms with E-state index >= 15 is 0 Å². The van der Waals surface area contributed by atoms with Crippen molar-refractivity contribution in [1.29, 1.82) is 0 Å². The number of halogens is 3. The summed E-state index contributed by atoms with van der Waals surface area (Å²) < 4.78 is 44.3. The number of hydrogen-bond donors (Lipinski definition) is 2. The highest BCUT2D eigenvalue weighted by Crippen LogP contribution is 2.34. The molecule has 0 aliphatic heterocycles. The van der Waals surface area contributed by atoms with E-state index < -0.39 is 23.6 Å². The van der Waals surface area contributed by atoms with Crippen LogP contribution in [0.1, 0.15) is 22.7 Å². The van der Waals surface area contributed by atoms with Crippen molar-refractivity contribution >= 4 is 23.2 Å². The van der Waals surface area contributed by atoms with Gasteiger partial charge in [0.05, 0.1) is 18.4 Å². The quantitative estimate of drug-likeness (QED) is 0.788. The molecule has 138 valence electrons. The van der Waals surface area contributed by atoms with Gasteiger partial charge in [0.25, 0.3) is 0 Å². The number of amides is 1. The molecule has 6 nitrogen and oxygen atoms in total. The fraction of sp³-hybridized carbons (Fsp3) is 0.250. The van der Waals surface area contributed by atoms with E-state index in [1.54, 1.807) is 6.07 Å². The molecule has 0 aliphatic carbocycles. The average molecular weight is 384 g/mol. The van der Waals surface area contributed by atoms with Crippen LogP contribution in [0.2, 0.25) is 0 Å². The van der Waals surface area contributed by atoms with Crippen LogP contribution in [0.25, 0.3) is 0 Å². The third-order valence-electron chi connectivity index (χ3n) is 3.44. The summed E-state index contributed by atoms with van der Waals surface area (Å²) in [7, 11) is 2.85. The summed E-state index contributed by atoms with van der Waals surface area (Å²) in [5.41, 5.74) is -0.764. The summed E-state index contributed by atoms with van der Waals surface area (Å²) in [5.74, 6) is -1.77. The molecule has 1 unspecified atom stereocenters. The molecule has 2 aromatic rings. The number of methoxy groups -OCH3 is 1. The number of nitrogens with one attached hydrogen (secondary N) is 2. The van der Waals surface area contributed by atoms with E-state index in [1.165, 1.54) is 26.4 Å². The smallest absolute Gasteiger partial charge is 0.416 e. The normalized spacial score (nSPS) is 12.2. The van der Waals surface area contributed by atoms with E-state index in [9.17, 15) is 18.0 Å². The molecule has 2 rings (SSSR count). The van der Waals surface area contributed by atoms with Crippen LogP contribution in [0.3, 0.4) is 0 Å². The van der Waals surface area contributed by atoms with Crippen LogP contribution >= 0.6 is 12.2 Å². The Balaban J connectivity index is 2.57. The number of rotatable bonds is 4. The average Bonchev–Trinajstić information content (AvgIpc) is 2.61. The molecule has 10 heteroatoms. The first kappa shape index (κ1) is 19.6. The van der Waals surface area contributed by atoms with Gasteiger partial charge < -0.3 is 15.4 Å². The lowest BCUT2D eigenvalue weighted by molar-refractivity contribution is -0.137. The maximum Gasteiger partial charge on any atom is 0.416 e. The Labute approximate surface area is 152 Å². The molecule has 26 heavy (non-hydrogen) atoms. The van der Waals surface area contributed by atoms with E-state index in [4.69, 9.17) is 17.0 Å². The van der Waals surface area contributed by atoms with Gasteiger partial charge in [-0.2, -0.15) is 13.2 Å². The van der Waals surface area contributed by atoms with Gasteiger partial charge in [0, 0.05) is 25.0 Å². The molecule has 1 atom stereocenters. The van der Waals surface area contributed by atoms with Gasteiger partial charge in [0.1, 0.15) is 5.92 Å². The molecule has 0 saturated carbocycles. The summed E-state index contributed by atoms with van der Waals surface area (Å²) in [6.45, 7) is 0. The zero-order valence-electron chi connectivity index (χ0n) is 13.8. The lowest BCUT2D eigenvalue weighted by atomic mass is 9.94. The van der Waals surface area contributed by atoms with Gasteiger partial charge >= 0.3 is 6.18 Å². The maximum absolute atomic E-state index is 13.0.